The summed E-state index contributed by atoms with van der Waals surface area (Å²) in [5.41, 5.74) is 5.05. The van der Waals surface area contributed by atoms with Crippen molar-refractivity contribution in [3.05, 3.63) is 200 Å². The molecule has 6 heteroatoms. The van der Waals surface area contributed by atoms with E-state index in [-0.39, 0.29) is 59.8 Å². The topological polar surface area (TPSA) is 35.9 Å². The standard InChI is InChI=1S/C58H48N4O.Pt/c1-57(2,3)58(34-15-6-16-35-58)43-33-36-59-55(37-43)62-51-28-12-11-25-49(51)50-32-31-46(39-54(50)62)63-45-24-17-23-44(38-45)60-40-61(53-30-14-13-29-52(53)60)56-47(41-19-7-4-8-20-41)26-18-27-48(56)42-21-9-5-10-22-42;/h4-5,7-14,17-33,36-37H,6,15-16,34-35H2,1-3H3;/q-2;/i4D,5D,7D,8D,9D,10D,19D,20D,21D,22D;. The number of hydrogen-bond acceptors (Lipinski definition) is 2. The van der Waals surface area contributed by atoms with Crippen LogP contribution in [0.25, 0.3) is 72.3 Å². The summed E-state index contributed by atoms with van der Waals surface area (Å²) in [7, 11) is 0. The van der Waals surface area contributed by atoms with Crippen LogP contribution in [0.15, 0.2) is 176 Å². The van der Waals surface area contributed by atoms with Crippen molar-refractivity contribution in [3.63, 3.8) is 0 Å². The zero-order valence-electron chi connectivity index (χ0n) is 45.5. The molecule has 5 nitrogen and oxygen atoms in total. The molecule has 0 unspecified atom stereocenters. The van der Waals surface area contributed by atoms with E-state index in [1.807, 2.05) is 66.9 Å². The molecule has 318 valence electrons. The van der Waals surface area contributed by atoms with E-state index >= 15 is 0 Å². The van der Waals surface area contributed by atoms with Crippen molar-refractivity contribution < 1.29 is 44.1 Å². The number of pyridine rings is 1. The van der Waals surface area contributed by atoms with Crippen LogP contribution in [0.3, 0.4) is 0 Å². The fraction of sp³-hybridized carbons (Fsp3) is 0.172. The number of nitrogens with zero attached hydrogens (tertiary/aromatic N) is 4. The zero-order chi connectivity index (χ0) is 51.2. The molecule has 0 spiro atoms. The largest absolute Gasteiger partial charge is 0.510 e. The molecule has 1 saturated carbocycles. The number of imidazole rings is 1. The van der Waals surface area contributed by atoms with Gasteiger partial charge in [-0.2, -0.15) is 18.2 Å². The summed E-state index contributed by atoms with van der Waals surface area (Å²) in [6.45, 7) is 7.07. The van der Waals surface area contributed by atoms with Crippen molar-refractivity contribution in [3.8, 4) is 50.9 Å². The molecule has 1 aliphatic rings. The van der Waals surface area contributed by atoms with Crippen LogP contribution in [-0.4, -0.2) is 14.1 Å². The van der Waals surface area contributed by atoms with Crippen molar-refractivity contribution in [2.75, 3.05) is 0 Å². The normalized spacial score (nSPS) is 16.0. The number of aromatic nitrogens is 4. The molecule has 0 atom stereocenters. The molecule has 11 rings (SSSR count). The van der Waals surface area contributed by atoms with Crippen LogP contribution in [0.1, 0.15) is 72.1 Å². The van der Waals surface area contributed by atoms with E-state index in [0.29, 0.717) is 28.2 Å². The van der Waals surface area contributed by atoms with Crippen LogP contribution < -0.4 is 9.30 Å². The Bertz CT molecular complexity index is 3750. The summed E-state index contributed by atoms with van der Waals surface area (Å²) in [4.78, 5) is 4.98. The van der Waals surface area contributed by atoms with Crippen LogP contribution in [0, 0.1) is 23.9 Å². The predicted octanol–water partition coefficient (Wildman–Crippen LogP) is 14.2. The summed E-state index contributed by atoms with van der Waals surface area (Å²) >= 11 is 0. The minimum absolute atomic E-state index is 0. The first-order valence-electron chi connectivity index (χ1n) is 26.4. The van der Waals surface area contributed by atoms with Gasteiger partial charge in [-0.05, 0) is 75.3 Å². The zero-order valence-corrected chi connectivity index (χ0v) is 37.8. The third kappa shape index (κ3) is 7.17. The summed E-state index contributed by atoms with van der Waals surface area (Å²) in [6.07, 6.45) is 11.3. The van der Waals surface area contributed by atoms with Crippen LogP contribution in [-0.2, 0) is 26.5 Å². The Kier molecular flexibility index (Phi) is 8.25. The molecular weight excluding hydrogens is 964 g/mol. The molecule has 10 aromatic rings. The maximum atomic E-state index is 9.03. The Morgan fingerprint density at radius 3 is 2.05 bits per heavy atom. The number of hydrogen-bond donors (Lipinski definition) is 0. The molecule has 1 aliphatic carbocycles. The molecule has 0 N–H and O–H groups in total. The average Bonchev–Trinajstić information content (AvgIpc) is 3.94. The summed E-state index contributed by atoms with van der Waals surface area (Å²) in [6, 6.07) is 36.0. The molecular formula is C58H48N4OPt-2. The van der Waals surface area contributed by atoms with E-state index in [4.69, 9.17) is 23.4 Å². The van der Waals surface area contributed by atoms with Gasteiger partial charge in [0.25, 0.3) is 6.33 Å². The van der Waals surface area contributed by atoms with Gasteiger partial charge in [0.1, 0.15) is 5.82 Å². The van der Waals surface area contributed by atoms with Crippen molar-refractivity contribution in [1.29, 1.82) is 0 Å². The first-order chi connectivity index (χ1) is 35.0. The van der Waals surface area contributed by atoms with E-state index < -0.39 is 60.4 Å². The smallest absolute Gasteiger partial charge is 0.268 e. The minimum Gasteiger partial charge on any atom is -0.510 e. The number of ether oxygens (including phenoxy) is 1. The second kappa shape index (κ2) is 16.9. The molecule has 1 fully saturated rings. The maximum Gasteiger partial charge on any atom is 0.268 e. The van der Waals surface area contributed by atoms with E-state index in [0.717, 1.165) is 40.5 Å². The molecule has 3 aromatic heterocycles. The molecule has 0 radical (unpaired) electrons. The molecule has 64 heavy (non-hydrogen) atoms. The Balaban J connectivity index is 0.00000626. The molecule has 0 amide bonds. The quantitative estimate of drug-likeness (QED) is 0.112. The minimum atomic E-state index is -0.568. The monoisotopic (exact) mass is 1020 g/mol. The Morgan fingerprint density at radius 2 is 1.33 bits per heavy atom. The third-order valence-corrected chi connectivity index (χ3v) is 12.8. The predicted molar refractivity (Wildman–Crippen MR) is 255 cm³/mol. The van der Waals surface area contributed by atoms with Crippen molar-refractivity contribution in [2.45, 2.75) is 58.3 Å². The molecule has 0 aliphatic heterocycles. The molecule has 3 heterocycles. The molecule has 7 aromatic carbocycles. The Hall–Kier alpha value is -6.55. The van der Waals surface area contributed by atoms with E-state index in [9.17, 15) is 0 Å². The van der Waals surface area contributed by atoms with E-state index in [1.165, 1.54) is 24.8 Å². The second-order valence-corrected chi connectivity index (χ2v) is 17.2. The Morgan fingerprint density at radius 1 is 0.672 bits per heavy atom. The van der Waals surface area contributed by atoms with Gasteiger partial charge in [0, 0.05) is 49.7 Å². The SMILES string of the molecule is [2H]c1c([2H])c([2H])c(-c2cccc(-c3c([2H])c([2H])c([2H])c([2H])c3[2H])c2-[n+]2[c-]n(-c3[c-]c(Oc4[c-]c5c(cc4)c4ccccc4n5-c4cc(C5(C(C)(C)C)CCCCC5)ccn4)ccc3)c3ccccc32)c([2H])c1[2H].[Pt]. The number of rotatable bonds is 8. The van der Waals surface area contributed by atoms with Gasteiger partial charge in [-0.25, -0.2) is 4.98 Å². The van der Waals surface area contributed by atoms with Gasteiger partial charge in [0.2, 0.25) is 0 Å². The van der Waals surface area contributed by atoms with E-state index in [1.54, 1.807) is 33.4 Å². The van der Waals surface area contributed by atoms with Crippen molar-refractivity contribution in [1.82, 2.24) is 14.1 Å². The first kappa shape index (κ1) is 31.3. The summed E-state index contributed by atoms with van der Waals surface area (Å²) in [5.74, 6) is 1.63. The van der Waals surface area contributed by atoms with Gasteiger partial charge < -0.3 is 13.9 Å². The van der Waals surface area contributed by atoms with Crippen LogP contribution in [0.2, 0.25) is 0 Å². The van der Waals surface area contributed by atoms with Crippen LogP contribution in [0.4, 0.5) is 0 Å². The van der Waals surface area contributed by atoms with Crippen molar-refractivity contribution >= 4 is 32.8 Å². The van der Waals surface area contributed by atoms with Crippen LogP contribution >= 0.6 is 0 Å². The van der Waals surface area contributed by atoms with Gasteiger partial charge in [-0.1, -0.05) is 167 Å². The van der Waals surface area contributed by atoms with Gasteiger partial charge in [0.15, 0.2) is 0 Å². The number of para-hydroxylation sites is 4. The van der Waals surface area contributed by atoms with Gasteiger partial charge in [-0.3, -0.25) is 4.57 Å². The average molecular weight is 1020 g/mol. The number of fused-ring (bicyclic) bond motifs is 4. The van der Waals surface area contributed by atoms with Crippen molar-refractivity contribution in [2.24, 2.45) is 5.41 Å². The van der Waals surface area contributed by atoms with Gasteiger partial charge in [-0.15, -0.1) is 29.7 Å². The fourth-order valence-electron chi connectivity index (χ4n) is 9.74. The van der Waals surface area contributed by atoms with Gasteiger partial charge in [0.05, 0.1) is 30.4 Å². The molecule has 0 saturated heterocycles. The maximum absolute atomic E-state index is 9.03. The Labute approximate surface area is 404 Å². The van der Waals surface area contributed by atoms with E-state index in [2.05, 4.69) is 68.1 Å². The molecule has 0 bridgehead atoms. The fourth-order valence-corrected chi connectivity index (χ4v) is 9.74. The second-order valence-electron chi connectivity index (χ2n) is 17.2. The first-order valence-corrected chi connectivity index (χ1v) is 21.4. The number of benzene rings is 7. The summed E-state index contributed by atoms with van der Waals surface area (Å²) in [5, 5.41) is 2.07. The third-order valence-electron chi connectivity index (χ3n) is 12.8. The van der Waals surface area contributed by atoms with Gasteiger partial charge >= 0.3 is 0 Å². The van der Waals surface area contributed by atoms with Crippen LogP contribution in [0.5, 0.6) is 11.5 Å². The summed E-state index contributed by atoms with van der Waals surface area (Å²) < 4.78 is 99.3.